The van der Waals surface area contributed by atoms with Crippen molar-refractivity contribution >= 4 is 23.3 Å². The molecule has 0 aliphatic carbocycles. The fraction of sp³-hybridized carbons (Fsp3) is 0.188. The zero-order valence-electron chi connectivity index (χ0n) is 11.2. The molecule has 4 heteroatoms. The van der Waals surface area contributed by atoms with Gasteiger partial charge in [0, 0.05) is 10.7 Å². The second-order valence-corrected chi connectivity index (χ2v) is 5.02. The minimum absolute atomic E-state index is 0.0502. The fourth-order valence-electron chi connectivity index (χ4n) is 2.16. The Morgan fingerprint density at radius 3 is 2.50 bits per heavy atom. The molecule has 0 saturated carbocycles. The summed E-state index contributed by atoms with van der Waals surface area (Å²) in [4.78, 5) is 13.0. The summed E-state index contributed by atoms with van der Waals surface area (Å²) in [6.45, 7) is 1.91. The Labute approximate surface area is 123 Å². The van der Waals surface area contributed by atoms with Gasteiger partial charge in [-0.1, -0.05) is 48.0 Å². The van der Waals surface area contributed by atoms with E-state index in [9.17, 15) is 4.79 Å². The molecule has 2 rings (SSSR count). The molecule has 0 aliphatic rings. The van der Waals surface area contributed by atoms with Crippen molar-refractivity contribution in [3.05, 3.63) is 65.2 Å². The largest absolute Gasteiger partial charge is 0.480 e. The Morgan fingerprint density at radius 2 is 1.90 bits per heavy atom. The minimum atomic E-state index is -0.868. The number of nitrogens with zero attached hydrogens (tertiary/aromatic N) is 1. The average molecular weight is 290 g/mol. The topological polar surface area (TPSA) is 40.5 Å². The van der Waals surface area contributed by atoms with Crippen molar-refractivity contribution in [1.82, 2.24) is 0 Å². The number of hydrogen-bond acceptors (Lipinski definition) is 2. The number of hydrogen-bond donors (Lipinski definition) is 1. The first-order valence-electron chi connectivity index (χ1n) is 6.37. The van der Waals surface area contributed by atoms with Crippen LogP contribution in [0, 0.1) is 0 Å². The van der Waals surface area contributed by atoms with Gasteiger partial charge in [0.05, 0.1) is 6.04 Å². The minimum Gasteiger partial charge on any atom is -0.480 e. The van der Waals surface area contributed by atoms with Gasteiger partial charge in [-0.3, -0.25) is 4.79 Å². The molecular weight excluding hydrogens is 274 g/mol. The second kappa shape index (κ2) is 6.44. The van der Waals surface area contributed by atoms with Gasteiger partial charge in [-0.05, 0) is 30.7 Å². The van der Waals surface area contributed by atoms with E-state index in [1.807, 2.05) is 54.3 Å². The smallest absolute Gasteiger partial charge is 0.323 e. The molecule has 1 N–H and O–H groups in total. The van der Waals surface area contributed by atoms with Gasteiger partial charge in [0.1, 0.15) is 6.54 Å². The molecule has 0 saturated heterocycles. The quantitative estimate of drug-likeness (QED) is 0.905. The van der Waals surface area contributed by atoms with Crippen LogP contribution in [0.2, 0.25) is 5.02 Å². The fourth-order valence-corrected chi connectivity index (χ4v) is 2.35. The lowest BCUT2D eigenvalue weighted by Gasteiger charge is -2.30. The number of halogens is 1. The highest BCUT2D eigenvalue weighted by atomic mass is 35.5. The summed E-state index contributed by atoms with van der Waals surface area (Å²) in [6, 6.07) is 17.0. The molecule has 2 aromatic carbocycles. The predicted molar refractivity (Wildman–Crippen MR) is 81.3 cm³/mol. The molecule has 20 heavy (non-hydrogen) atoms. The Kier molecular flexibility index (Phi) is 4.64. The molecule has 0 radical (unpaired) electrons. The lowest BCUT2D eigenvalue weighted by atomic mass is 10.1. The summed E-state index contributed by atoms with van der Waals surface area (Å²) in [7, 11) is 0. The van der Waals surface area contributed by atoms with Crippen molar-refractivity contribution < 1.29 is 9.90 Å². The van der Waals surface area contributed by atoms with Crippen LogP contribution in [-0.4, -0.2) is 17.6 Å². The van der Waals surface area contributed by atoms with E-state index in [-0.39, 0.29) is 12.6 Å². The SMILES string of the molecule is CC(c1ccccc1)N(CC(=O)O)c1cccc(Cl)c1. The number of carboxylic acids is 1. The van der Waals surface area contributed by atoms with Gasteiger partial charge in [0.25, 0.3) is 0 Å². The van der Waals surface area contributed by atoms with E-state index in [4.69, 9.17) is 16.7 Å². The molecule has 0 aliphatic heterocycles. The van der Waals surface area contributed by atoms with E-state index in [1.54, 1.807) is 12.1 Å². The van der Waals surface area contributed by atoms with Crippen LogP contribution in [-0.2, 0) is 4.79 Å². The van der Waals surface area contributed by atoms with Crippen molar-refractivity contribution in [3.8, 4) is 0 Å². The van der Waals surface area contributed by atoms with Gasteiger partial charge in [0.15, 0.2) is 0 Å². The van der Waals surface area contributed by atoms with Crippen molar-refractivity contribution in [1.29, 1.82) is 0 Å². The lowest BCUT2D eigenvalue weighted by Crippen LogP contribution is -2.32. The summed E-state index contributed by atoms with van der Waals surface area (Å²) < 4.78 is 0. The number of anilines is 1. The van der Waals surface area contributed by atoms with Gasteiger partial charge in [-0.15, -0.1) is 0 Å². The maximum Gasteiger partial charge on any atom is 0.323 e. The maximum atomic E-state index is 11.1. The summed E-state index contributed by atoms with van der Waals surface area (Å²) in [5.74, 6) is -0.868. The van der Waals surface area contributed by atoms with Gasteiger partial charge >= 0.3 is 5.97 Å². The van der Waals surface area contributed by atoms with Crippen LogP contribution in [0.5, 0.6) is 0 Å². The molecular formula is C16H16ClNO2. The Hall–Kier alpha value is -2.00. The van der Waals surface area contributed by atoms with Crippen LogP contribution < -0.4 is 4.90 Å². The Balaban J connectivity index is 2.35. The molecule has 0 spiro atoms. The van der Waals surface area contributed by atoms with Gasteiger partial charge < -0.3 is 10.0 Å². The van der Waals surface area contributed by atoms with Gasteiger partial charge in [-0.2, -0.15) is 0 Å². The normalized spacial score (nSPS) is 11.9. The van der Waals surface area contributed by atoms with Crippen LogP contribution in [0.15, 0.2) is 54.6 Å². The average Bonchev–Trinajstić information content (AvgIpc) is 2.45. The van der Waals surface area contributed by atoms with Gasteiger partial charge in [-0.25, -0.2) is 0 Å². The van der Waals surface area contributed by atoms with Crippen LogP contribution in [0.3, 0.4) is 0 Å². The predicted octanol–water partition coefficient (Wildman–Crippen LogP) is 3.99. The summed E-state index contributed by atoms with van der Waals surface area (Å²) in [6.07, 6.45) is 0. The van der Waals surface area contributed by atoms with Crippen LogP contribution in [0.4, 0.5) is 5.69 Å². The van der Waals surface area contributed by atoms with E-state index in [0.29, 0.717) is 5.02 Å². The standard InChI is InChI=1S/C16H16ClNO2/c1-12(13-6-3-2-4-7-13)18(11-16(19)20)15-9-5-8-14(17)10-15/h2-10,12H,11H2,1H3,(H,19,20). The lowest BCUT2D eigenvalue weighted by molar-refractivity contribution is -0.135. The molecule has 0 amide bonds. The third kappa shape index (κ3) is 3.52. The second-order valence-electron chi connectivity index (χ2n) is 4.59. The highest BCUT2D eigenvalue weighted by Gasteiger charge is 2.19. The van der Waals surface area contributed by atoms with Crippen LogP contribution in [0.25, 0.3) is 0 Å². The van der Waals surface area contributed by atoms with Crippen molar-refractivity contribution in [3.63, 3.8) is 0 Å². The van der Waals surface area contributed by atoms with Crippen molar-refractivity contribution in [2.45, 2.75) is 13.0 Å². The Morgan fingerprint density at radius 1 is 1.20 bits per heavy atom. The number of benzene rings is 2. The molecule has 3 nitrogen and oxygen atoms in total. The highest BCUT2D eigenvalue weighted by molar-refractivity contribution is 6.30. The molecule has 0 aromatic heterocycles. The van der Waals surface area contributed by atoms with Crippen LogP contribution >= 0.6 is 11.6 Å². The molecule has 104 valence electrons. The number of aliphatic carboxylic acids is 1. The molecule has 0 bridgehead atoms. The van der Waals surface area contributed by atoms with E-state index < -0.39 is 5.97 Å². The number of carbonyl (C=O) groups is 1. The molecule has 0 heterocycles. The van der Waals surface area contributed by atoms with Crippen LogP contribution in [0.1, 0.15) is 18.5 Å². The first-order chi connectivity index (χ1) is 9.58. The van der Waals surface area contributed by atoms with Crippen molar-refractivity contribution in [2.75, 3.05) is 11.4 Å². The molecule has 1 unspecified atom stereocenters. The molecule has 2 aromatic rings. The molecule has 0 fully saturated rings. The maximum absolute atomic E-state index is 11.1. The van der Waals surface area contributed by atoms with E-state index in [1.165, 1.54) is 0 Å². The summed E-state index contributed by atoms with van der Waals surface area (Å²) in [5, 5.41) is 9.73. The van der Waals surface area contributed by atoms with E-state index in [0.717, 1.165) is 11.3 Å². The summed E-state index contributed by atoms with van der Waals surface area (Å²) >= 11 is 6.00. The first kappa shape index (κ1) is 14.4. The summed E-state index contributed by atoms with van der Waals surface area (Å²) in [5.41, 5.74) is 1.87. The monoisotopic (exact) mass is 289 g/mol. The zero-order valence-corrected chi connectivity index (χ0v) is 11.9. The molecule has 1 atom stereocenters. The number of rotatable bonds is 5. The van der Waals surface area contributed by atoms with Gasteiger partial charge in [0.2, 0.25) is 0 Å². The Bertz CT molecular complexity index is 586. The zero-order chi connectivity index (χ0) is 14.5. The third-order valence-corrected chi connectivity index (χ3v) is 3.43. The van der Waals surface area contributed by atoms with E-state index >= 15 is 0 Å². The first-order valence-corrected chi connectivity index (χ1v) is 6.74. The highest BCUT2D eigenvalue weighted by Crippen LogP contribution is 2.28. The number of carboxylic acid groups (broad SMARTS) is 1. The third-order valence-electron chi connectivity index (χ3n) is 3.19. The van der Waals surface area contributed by atoms with Crippen molar-refractivity contribution in [2.24, 2.45) is 0 Å². The van der Waals surface area contributed by atoms with E-state index in [2.05, 4.69) is 0 Å².